The van der Waals surface area contributed by atoms with Crippen LogP contribution in [-0.4, -0.2) is 0 Å². The van der Waals surface area contributed by atoms with Gasteiger partial charge in [0.2, 0.25) is 0 Å². The van der Waals surface area contributed by atoms with Gasteiger partial charge in [-0.25, -0.2) is 0 Å². The minimum absolute atomic E-state index is 0.157. The van der Waals surface area contributed by atoms with E-state index in [1.165, 1.54) is 218 Å². The van der Waals surface area contributed by atoms with Crippen molar-refractivity contribution in [3.8, 4) is 111 Å². The van der Waals surface area contributed by atoms with E-state index in [2.05, 4.69) is 411 Å². The summed E-state index contributed by atoms with van der Waals surface area (Å²) in [6, 6.07) is 126. The second-order valence-corrected chi connectivity index (χ2v) is 35.0. The van der Waals surface area contributed by atoms with Crippen molar-refractivity contribution in [1.29, 1.82) is 0 Å². The Balaban J connectivity index is 1.13. The molecule has 0 amide bonds. The van der Waals surface area contributed by atoms with E-state index in [1.807, 2.05) is 0 Å². The van der Waals surface area contributed by atoms with Crippen molar-refractivity contribution in [2.24, 2.45) is 0 Å². The summed E-state index contributed by atoms with van der Waals surface area (Å²) in [6.45, 7) is 28.7. The fourth-order valence-electron chi connectivity index (χ4n) is 18.4. The molecule has 110 heavy (non-hydrogen) atoms. The monoisotopic (exact) mass is 1410 g/mol. The Kier molecular flexibility index (Phi) is 16.0. The first-order valence-corrected chi connectivity index (χ1v) is 39.4. The molecule has 0 nitrogen and oxygen atoms in total. The van der Waals surface area contributed by atoms with Crippen molar-refractivity contribution < 1.29 is 0 Å². The third kappa shape index (κ3) is 11.2. The van der Waals surface area contributed by atoms with Gasteiger partial charge in [-0.2, -0.15) is 0 Å². The smallest absolute Gasteiger partial charge is 0.000116 e. The van der Waals surface area contributed by atoms with Gasteiger partial charge in [-0.05, 0) is 264 Å². The maximum Gasteiger partial charge on any atom is -0.000116 e. The van der Waals surface area contributed by atoms with Crippen LogP contribution in [-0.2, 0) is 21.7 Å². The summed E-state index contributed by atoms with van der Waals surface area (Å²) in [5.41, 5.74) is 28.9. The highest BCUT2D eigenvalue weighted by Crippen LogP contribution is 2.56. The molecule has 530 valence electrons. The molecule has 17 aromatic carbocycles. The number of rotatable bonds is 10. The lowest BCUT2D eigenvalue weighted by Crippen LogP contribution is -2.17. The molecule has 0 saturated heterocycles. The highest BCUT2D eigenvalue weighted by molar-refractivity contribution is 6.29. The highest BCUT2D eigenvalue weighted by atomic mass is 14.4. The molecule has 0 aromatic heterocycles. The van der Waals surface area contributed by atoms with Crippen LogP contribution < -0.4 is 0 Å². The molecule has 0 fully saturated rings. The van der Waals surface area contributed by atoms with Crippen LogP contribution in [0.1, 0.15) is 105 Å². The van der Waals surface area contributed by atoms with Crippen molar-refractivity contribution in [3.63, 3.8) is 0 Å². The zero-order valence-electron chi connectivity index (χ0n) is 65.2. The summed E-state index contributed by atoms with van der Waals surface area (Å²) in [5.74, 6) is 0. The summed E-state index contributed by atoms with van der Waals surface area (Å²) in [5, 5.41) is 20.2. The van der Waals surface area contributed by atoms with Gasteiger partial charge >= 0.3 is 0 Å². The zero-order chi connectivity index (χ0) is 75.3. The van der Waals surface area contributed by atoms with Crippen LogP contribution in [0.3, 0.4) is 0 Å². The van der Waals surface area contributed by atoms with Crippen molar-refractivity contribution in [1.82, 2.24) is 0 Å². The second kappa shape index (κ2) is 25.7. The van der Waals surface area contributed by atoms with Crippen molar-refractivity contribution in [2.75, 3.05) is 0 Å². The van der Waals surface area contributed by atoms with Crippen LogP contribution >= 0.6 is 0 Å². The van der Waals surface area contributed by atoms with E-state index in [-0.39, 0.29) is 21.7 Å². The third-order valence-electron chi connectivity index (χ3n) is 23.9. The average molecular weight is 1410 g/mol. The van der Waals surface area contributed by atoms with E-state index >= 15 is 0 Å². The lowest BCUT2D eigenvalue weighted by Gasteiger charge is -2.28. The maximum absolute atomic E-state index is 2.60. The number of benzene rings is 17. The first-order valence-electron chi connectivity index (χ1n) is 39.4. The van der Waals surface area contributed by atoms with Crippen molar-refractivity contribution in [2.45, 2.75) is 105 Å². The molecule has 0 unspecified atom stereocenters. The van der Waals surface area contributed by atoms with E-state index in [9.17, 15) is 0 Å². The Bertz CT molecular complexity index is 6570. The fraction of sp³-hybridized carbons (Fsp3) is 0.145. The van der Waals surface area contributed by atoms with E-state index in [4.69, 9.17) is 0 Å². The van der Waals surface area contributed by atoms with Gasteiger partial charge in [0.25, 0.3) is 0 Å². The molecule has 0 radical (unpaired) electrons. The predicted octanol–water partition coefficient (Wildman–Crippen LogP) is 29.9. The largest absolute Gasteiger partial charge is 0.0622 e. The molecule has 2 aliphatic rings. The second-order valence-electron chi connectivity index (χ2n) is 35.0. The summed E-state index contributed by atoms with van der Waals surface area (Å²) in [4.78, 5) is 0. The topological polar surface area (TPSA) is 0 Å². The Morgan fingerprint density at radius 2 is 0.345 bits per heavy atom. The quantitative estimate of drug-likeness (QED) is 0.120. The van der Waals surface area contributed by atoms with Crippen LogP contribution in [0.4, 0.5) is 0 Å². The van der Waals surface area contributed by atoms with E-state index in [0.717, 1.165) is 0 Å². The van der Waals surface area contributed by atoms with Gasteiger partial charge in [-0.15, -0.1) is 0 Å². The molecule has 0 saturated carbocycles. The summed E-state index contributed by atoms with van der Waals surface area (Å²) < 4.78 is 0. The molecular formula is C110H90. The van der Waals surface area contributed by atoms with Crippen LogP contribution in [0, 0.1) is 41.7 Å². The first-order chi connectivity index (χ1) is 53.2. The molecule has 0 heterocycles. The fourth-order valence-corrected chi connectivity index (χ4v) is 18.4. The lowest BCUT2D eigenvalue weighted by molar-refractivity contribution is 0.568. The lowest BCUT2D eigenvalue weighted by atomic mass is 9.76. The molecule has 0 atom stereocenters. The Morgan fingerprint density at radius 3 is 0.564 bits per heavy atom. The van der Waals surface area contributed by atoms with Gasteiger partial charge in [0, 0.05) is 0 Å². The first kappa shape index (κ1) is 68.3. The minimum Gasteiger partial charge on any atom is -0.0622 e. The minimum atomic E-state index is -0.157. The molecule has 0 aliphatic heterocycles. The van der Waals surface area contributed by atoms with Crippen LogP contribution in [0.2, 0.25) is 0 Å². The molecule has 0 bridgehead atoms. The molecular weight excluding hydrogens is 1320 g/mol. The molecule has 17 aromatic rings. The average Bonchev–Trinajstić information content (AvgIpc) is 1.50. The van der Waals surface area contributed by atoms with Gasteiger partial charge in [0.15, 0.2) is 0 Å². The summed E-state index contributed by atoms with van der Waals surface area (Å²) in [7, 11) is 0. The van der Waals surface area contributed by atoms with Crippen molar-refractivity contribution in [3.05, 3.63) is 392 Å². The Labute approximate surface area is 646 Å². The van der Waals surface area contributed by atoms with Gasteiger partial charge in [0.1, 0.15) is 0 Å². The van der Waals surface area contributed by atoms with Crippen molar-refractivity contribution >= 4 is 43.1 Å². The molecule has 0 heteroatoms. The number of fused-ring (bicyclic) bond motifs is 5. The standard InChI is InChI=1S/C110H90/c1-107(2,3)77-57-75(58-78(61-77)108(4,5)6)95-91-65-87(69-41-25-15-26-42-69)88(70-43-27-16-28-44-70)66-92(91)96(76-59-79(109(7,8)9)62-80(60-76)110(10,11)12)102-82-54-56-84-100-83(55-53-81(99(82)100)101(95)102)103-97(73-49-33-19-34-50-73)105-93(71-45-29-17-30-46-71)89-63-85(67-37-21-13-22-38-67)86(68-39-23-14-24-40-68)64-90(89)94(72-47-31-18-32-48-72)106(105)98(104(84)103)74-51-35-20-36-52-74/h13-66H,1-12H3. The molecule has 2 aliphatic carbocycles. The van der Waals surface area contributed by atoms with E-state index in [1.54, 1.807) is 0 Å². The van der Waals surface area contributed by atoms with Crippen LogP contribution in [0.25, 0.3) is 154 Å². The maximum atomic E-state index is 2.60. The van der Waals surface area contributed by atoms with Gasteiger partial charge in [-0.3, -0.25) is 0 Å². The number of hydrogen-bond acceptors (Lipinski definition) is 0. The van der Waals surface area contributed by atoms with Gasteiger partial charge < -0.3 is 0 Å². The highest BCUT2D eigenvalue weighted by Gasteiger charge is 2.33. The SMILES string of the molecule is CC(C)(C)c1cc(-c2c3c(c(-c4cc(C(C)(C)C)cc(C(C)(C)C)c4)c4cc(-c5ccccc5)c(-c5ccccc5)cc24)=c2ccc4c5c(ccc=3c25)=c2c(-c3ccccc3)c3c(-c5ccccc5)c5cc(-c6ccccc6)c(-c6ccccc6)cc5c(-c5ccccc5)c3c(-c3ccccc3)c2=4)cc(C(C)(C)C)c1. The zero-order valence-corrected chi connectivity index (χ0v) is 65.2. The predicted molar refractivity (Wildman–Crippen MR) is 469 cm³/mol. The van der Waals surface area contributed by atoms with Crippen LogP contribution in [0.5, 0.6) is 0 Å². The summed E-state index contributed by atoms with van der Waals surface area (Å²) in [6.07, 6.45) is 0. The third-order valence-corrected chi connectivity index (χ3v) is 23.9. The van der Waals surface area contributed by atoms with Crippen LogP contribution in [0.15, 0.2) is 328 Å². The van der Waals surface area contributed by atoms with Gasteiger partial charge in [0.05, 0.1) is 0 Å². The van der Waals surface area contributed by atoms with E-state index < -0.39 is 0 Å². The normalized spacial score (nSPS) is 12.5. The molecule has 0 N–H and O–H groups in total. The van der Waals surface area contributed by atoms with Gasteiger partial charge in [-0.1, -0.05) is 386 Å². The summed E-state index contributed by atoms with van der Waals surface area (Å²) >= 11 is 0. The Hall–Kier alpha value is -12.2. The molecule has 0 spiro atoms. The number of hydrogen-bond donors (Lipinski definition) is 0. The van der Waals surface area contributed by atoms with E-state index in [0.29, 0.717) is 0 Å². The molecule has 19 rings (SSSR count). The Morgan fingerprint density at radius 1 is 0.155 bits per heavy atom.